The van der Waals surface area contributed by atoms with Crippen molar-refractivity contribution in [1.82, 2.24) is 15.2 Å². The van der Waals surface area contributed by atoms with E-state index in [0.717, 1.165) is 29.9 Å². The second-order valence-corrected chi connectivity index (χ2v) is 9.85. The standard InChI is InChI=1S/C29H27N7O3/c37-27-26(32-24(19-6-2-1-3-7-19)21-8-4-5-9-22(21)31-27)33-29-35-34-28(39-29)25-23(36-12-14-38-15-13-36)16-20(17-30-25)18-10-11-18/h1-9,16-18,26H,10-15H2,(H,31,37)(H,33,35). The smallest absolute Gasteiger partial charge is 0.317 e. The molecule has 39 heavy (non-hydrogen) atoms. The summed E-state index contributed by atoms with van der Waals surface area (Å²) in [6.45, 7) is 2.85. The fourth-order valence-electron chi connectivity index (χ4n) is 4.99. The summed E-state index contributed by atoms with van der Waals surface area (Å²) in [6, 6.07) is 19.7. The lowest BCUT2D eigenvalue weighted by Crippen LogP contribution is -2.36. The van der Waals surface area contributed by atoms with Gasteiger partial charge in [0.05, 0.1) is 30.3 Å². The van der Waals surface area contributed by atoms with Crippen LogP contribution in [-0.4, -0.2) is 59.3 Å². The molecule has 1 unspecified atom stereocenters. The number of aromatic nitrogens is 3. The van der Waals surface area contributed by atoms with Gasteiger partial charge < -0.3 is 24.7 Å². The van der Waals surface area contributed by atoms with E-state index in [1.165, 1.54) is 18.4 Å². The molecule has 1 atom stereocenters. The summed E-state index contributed by atoms with van der Waals surface area (Å²) >= 11 is 0. The van der Waals surface area contributed by atoms with E-state index in [-0.39, 0.29) is 17.8 Å². The Morgan fingerprint density at radius 2 is 1.77 bits per heavy atom. The van der Waals surface area contributed by atoms with Crippen LogP contribution in [0, 0.1) is 0 Å². The van der Waals surface area contributed by atoms with Crippen LogP contribution in [0.1, 0.15) is 35.4 Å². The predicted molar refractivity (Wildman–Crippen MR) is 147 cm³/mol. The molecule has 4 aromatic rings. The third kappa shape index (κ3) is 4.74. The molecule has 0 bridgehead atoms. The summed E-state index contributed by atoms with van der Waals surface area (Å²) in [5.41, 5.74) is 5.93. The number of aliphatic imine (C=N–C) groups is 1. The van der Waals surface area contributed by atoms with E-state index < -0.39 is 6.17 Å². The van der Waals surface area contributed by atoms with Crippen molar-refractivity contribution in [3.63, 3.8) is 0 Å². The van der Waals surface area contributed by atoms with Crippen molar-refractivity contribution in [3.05, 3.63) is 83.6 Å². The van der Waals surface area contributed by atoms with Gasteiger partial charge in [-0.15, -0.1) is 5.10 Å². The highest BCUT2D eigenvalue weighted by Crippen LogP contribution is 2.42. The molecule has 0 radical (unpaired) electrons. The number of hydrogen-bond donors (Lipinski definition) is 2. The highest BCUT2D eigenvalue weighted by molar-refractivity contribution is 6.19. The number of carbonyl (C=O) groups is 1. The molecular weight excluding hydrogens is 494 g/mol. The molecule has 4 heterocycles. The van der Waals surface area contributed by atoms with Gasteiger partial charge in [-0.3, -0.25) is 4.79 Å². The van der Waals surface area contributed by atoms with Crippen LogP contribution < -0.4 is 15.5 Å². The van der Waals surface area contributed by atoms with Crippen molar-refractivity contribution in [1.29, 1.82) is 0 Å². The van der Waals surface area contributed by atoms with Gasteiger partial charge in [0.2, 0.25) is 6.17 Å². The number of pyridine rings is 1. The van der Waals surface area contributed by atoms with E-state index in [4.69, 9.17) is 19.1 Å². The molecular formula is C29H27N7O3. The molecule has 196 valence electrons. The molecule has 2 aromatic carbocycles. The Bertz CT molecular complexity index is 1540. The second kappa shape index (κ2) is 9.95. The van der Waals surface area contributed by atoms with Crippen LogP contribution >= 0.6 is 0 Å². The Labute approximate surface area is 225 Å². The van der Waals surface area contributed by atoms with Crippen LogP contribution in [0.5, 0.6) is 0 Å². The number of benzene rings is 2. The molecule has 1 saturated heterocycles. The number of carbonyl (C=O) groups excluding carboxylic acids is 1. The zero-order valence-corrected chi connectivity index (χ0v) is 21.2. The van der Waals surface area contributed by atoms with Gasteiger partial charge in [0.15, 0.2) is 5.69 Å². The van der Waals surface area contributed by atoms with E-state index >= 15 is 0 Å². The molecule has 3 aliphatic rings. The maximum Gasteiger partial charge on any atom is 0.317 e. The van der Waals surface area contributed by atoms with Crippen LogP contribution in [0.4, 0.5) is 17.4 Å². The van der Waals surface area contributed by atoms with Gasteiger partial charge >= 0.3 is 6.01 Å². The minimum Gasteiger partial charge on any atom is -0.402 e. The summed E-state index contributed by atoms with van der Waals surface area (Å²) in [7, 11) is 0. The number of amides is 1. The lowest BCUT2D eigenvalue weighted by atomic mass is 10.0. The first-order valence-electron chi connectivity index (χ1n) is 13.2. The minimum atomic E-state index is -0.982. The highest BCUT2D eigenvalue weighted by atomic mass is 16.5. The van der Waals surface area contributed by atoms with Crippen molar-refractivity contribution in [2.45, 2.75) is 24.9 Å². The van der Waals surface area contributed by atoms with Crippen molar-refractivity contribution >= 4 is 29.0 Å². The summed E-state index contributed by atoms with van der Waals surface area (Å²) in [4.78, 5) is 25.0. The first kappa shape index (κ1) is 23.5. The fraction of sp³-hybridized carbons (Fsp3) is 0.276. The predicted octanol–water partition coefficient (Wildman–Crippen LogP) is 4.07. The summed E-state index contributed by atoms with van der Waals surface area (Å²) in [5.74, 6) is 0.528. The topological polar surface area (TPSA) is 118 Å². The summed E-state index contributed by atoms with van der Waals surface area (Å²) in [6.07, 6.45) is 3.30. The van der Waals surface area contributed by atoms with Crippen LogP contribution in [0.25, 0.3) is 11.6 Å². The molecule has 1 aliphatic carbocycles. The monoisotopic (exact) mass is 521 g/mol. The third-order valence-electron chi connectivity index (χ3n) is 7.17. The zero-order chi connectivity index (χ0) is 26.2. The van der Waals surface area contributed by atoms with Crippen LogP contribution in [0.3, 0.4) is 0 Å². The maximum atomic E-state index is 13.2. The SMILES string of the molecule is O=C1Nc2ccccc2C(c2ccccc2)=NC1Nc1nnc(-c2ncc(C3CC3)cc2N2CCOCC2)o1. The number of ether oxygens (including phenoxy) is 1. The lowest BCUT2D eigenvalue weighted by Gasteiger charge is -2.30. The molecule has 1 amide bonds. The van der Waals surface area contributed by atoms with E-state index in [2.05, 4.69) is 31.8 Å². The van der Waals surface area contributed by atoms with Gasteiger partial charge in [0, 0.05) is 30.4 Å². The number of para-hydroxylation sites is 1. The summed E-state index contributed by atoms with van der Waals surface area (Å²) in [5, 5.41) is 14.5. The van der Waals surface area contributed by atoms with Crippen LogP contribution in [0.15, 0.2) is 76.3 Å². The number of benzodiazepines with no additional fused rings is 1. The van der Waals surface area contributed by atoms with Crippen molar-refractivity contribution in [2.24, 2.45) is 4.99 Å². The number of rotatable bonds is 6. The molecule has 1 saturated carbocycles. The molecule has 0 spiro atoms. The highest BCUT2D eigenvalue weighted by Gasteiger charge is 2.30. The van der Waals surface area contributed by atoms with Crippen molar-refractivity contribution in [2.75, 3.05) is 41.8 Å². The van der Waals surface area contributed by atoms with E-state index in [1.54, 1.807) is 0 Å². The number of morpholine rings is 1. The molecule has 2 aliphatic heterocycles. The fourth-order valence-corrected chi connectivity index (χ4v) is 4.99. The average Bonchev–Trinajstić information content (AvgIpc) is 3.76. The largest absolute Gasteiger partial charge is 0.402 e. The Morgan fingerprint density at radius 1 is 0.974 bits per heavy atom. The van der Waals surface area contributed by atoms with Gasteiger partial charge in [0.25, 0.3) is 11.8 Å². The van der Waals surface area contributed by atoms with E-state index in [9.17, 15) is 4.79 Å². The van der Waals surface area contributed by atoms with Gasteiger partial charge in [-0.2, -0.15) is 0 Å². The normalized spacial score (nSPS) is 19.1. The molecule has 2 N–H and O–H groups in total. The third-order valence-corrected chi connectivity index (χ3v) is 7.17. The van der Waals surface area contributed by atoms with Gasteiger partial charge in [-0.05, 0) is 36.5 Å². The minimum absolute atomic E-state index is 0.0910. The van der Waals surface area contributed by atoms with E-state index in [0.29, 0.717) is 36.2 Å². The van der Waals surface area contributed by atoms with E-state index in [1.807, 2.05) is 60.8 Å². The molecule has 2 aromatic heterocycles. The first-order valence-corrected chi connectivity index (χ1v) is 13.2. The molecule has 7 rings (SSSR count). The van der Waals surface area contributed by atoms with Gasteiger partial charge in [-0.25, -0.2) is 9.98 Å². The Morgan fingerprint density at radius 3 is 2.59 bits per heavy atom. The van der Waals surface area contributed by atoms with Crippen LogP contribution in [0.2, 0.25) is 0 Å². The average molecular weight is 522 g/mol. The Hall–Kier alpha value is -4.57. The lowest BCUT2D eigenvalue weighted by molar-refractivity contribution is -0.116. The number of nitrogens with zero attached hydrogens (tertiary/aromatic N) is 5. The summed E-state index contributed by atoms with van der Waals surface area (Å²) < 4.78 is 11.6. The Balaban J connectivity index is 1.21. The van der Waals surface area contributed by atoms with Crippen molar-refractivity contribution in [3.8, 4) is 11.6 Å². The van der Waals surface area contributed by atoms with Crippen LogP contribution in [-0.2, 0) is 9.53 Å². The number of anilines is 3. The number of nitrogens with one attached hydrogen (secondary N) is 2. The molecule has 10 nitrogen and oxygen atoms in total. The molecule has 10 heteroatoms. The Kier molecular flexibility index (Phi) is 6.01. The number of hydrogen-bond acceptors (Lipinski definition) is 9. The van der Waals surface area contributed by atoms with Crippen molar-refractivity contribution < 1.29 is 13.9 Å². The van der Waals surface area contributed by atoms with Gasteiger partial charge in [0.1, 0.15) is 0 Å². The van der Waals surface area contributed by atoms with Gasteiger partial charge in [-0.1, -0.05) is 53.6 Å². The second-order valence-electron chi connectivity index (χ2n) is 9.85. The first-order chi connectivity index (χ1) is 19.2. The maximum absolute atomic E-state index is 13.2. The number of fused-ring (bicyclic) bond motifs is 1. The quantitative estimate of drug-likeness (QED) is 0.390. The zero-order valence-electron chi connectivity index (χ0n) is 21.2. The molecule has 2 fully saturated rings.